The second kappa shape index (κ2) is 4.19. The molecule has 94 valence electrons. The number of non-ortho nitro benzene ring substituents is 1. The highest BCUT2D eigenvalue weighted by molar-refractivity contribution is 5.40. The molecule has 0 amide bonds. The summed E-state index contributed by atoms with van der Waals surface area (Å²) in [5.74, 6) is 0. The number of nitro benzene ring substituents is 1. The molecule has 0 aliphatic heterocycles. The van der Waals surface area contributed by atoms with Crippen LogP contribution in [0.2, 0.25) is 0 Å². The Hall–Kier alpha value is -2.28. The molecule has 0 spiro atoms. The van der Waals surface area contributed by atoms with E-state index in [4.69, 9.17) is 5.73 Å². The predicted molar refractivity (Wildman–Crippen MR) is 65.2 cm³/mol. The second-order valence-corrected chi connectivity index (χ2v) is 4.54. The molecule has 2 aromatic rings. The Morgan fingerprint density at radius 2 is 1.94 bits per heavy atom. The lowest BCUT2D eigenvalue weighted by molar-refractivity contribution is -0.384. The maximum Gasteiger partial charge on any atom is 0.269 e. The Bertz CT molecular complexity index is 568. The van der Waals surface area contributed by atoms with Gasteiger partial charge in [-0.1, -0.05) is 5.21 Å². The molecule has 0 aliphatic rings. The molecule has 0 atom stereocenters. The number of rotatable bonds is 3. The van der Waals surface area contributed by atoms with Crippen LogP contribution in [-0.4, -0.2) is 19.9 Å². The highest BCUT2D eigenvalue weighted by atomic mass is 16.6. The summed E-state index contributed by atoms with van der Waals surface area (Å²) in [6.45, 7) is 3.66. The zero-order valence-electron chi connectivity index (χ0n) is 10.1. The molecule has 0 aliphatic carbocycles. The number of hydrogen-bond donors (Lipinski definition) is 1. The lowest BCUT2D eigenvalue weighted by Gasteiger charge is -2.13. The summed E-state index contributed by atoms with van der Waals surface area (Å²) in [5, 5.41) is 18.5. The van der Waals surface area contributed by atoms with Crippen LogP contribution in [0.5, 0.6) is 0 Å². The number of aromatic nitrogens is 3. The molecule has 0 radical (unpaired) electrons. The maximum absolute atomic E-state index is 10.5. The molecule has 0 saturated carbocycles. The Kier molecular flexibility index (Phi) is 2.84. The molecule has 7 heteroatoms. The van der Waals surface area contributed by atoms with Gasteiger partial charge in [0.05, 0.1) is 22.3 Å². The van der Waals surface area contributed by atoms with Crippen LogP contribution >= 0.6 is 0 Å². The minimum atomic E-state index is -0.570. The van der Waals surface area contributed by atoms with E-state index in [-0.39, 0.29) is 5.69 Å². The lowest BCUT2D eigenvalue weighted by atomic mass is 10.0. The summed E-state index contributed by atoms with van der Waals surface area (Å²) in [7, 11) is 0. The van der Waals surface area contributed by atoms with Crippen molar-refractivity contribution in [2.45, 2.75) is 19.4 Å². The number of benzene rings is 1. The molecular weight excluding hydrogens is 234 g/mol. The quantitative estimate of drug-likeness (QED) is 0.652. The van der Waals surface area contributed by atoms with Gasteiger partial charge in [-0.25, -0.2) is 4.68 Å². The van der Waals surface area contributed by atoms with Crippen LogP contribution in [0.25, 0.3) is 5.69 Å². The largest absolute Gasteiger partial charge is 0.320 e. The van der Waals surface area contributed by atoms with Crippen molar-refractivity contribution in [3.8, 4) is 5.69 Å². The molecule has 2 rings (SSSR count). The molecule has 0 unspecified atom stereocenters. The van der Waals surface area contributed by atoms with Crippen LogP contribution in [-0.2, 0) is 5.54 Å². The maximum atomic E-state index is 10.5. The Balaban J connectivity index is 2.32. The van der Waals surface area contributed by atoms with Crippen LogP contribution in [0.1, 0.15) is 19.5 Å². The topological polar surface area (TPSA) is 99.9 Å². The Morgan fingerprint density at radius 3 is 2.39 bits per heavy atom. The van der Waals surface area contributed by atoms with E-state index >= 15 is 0 Å². The van der Waals surface area contributed by atoms with Gasteiger partial charge < -0.3 is 5.73 Å². The van der Waals surface area contributed by atoms with Gasteiger partial charge >= 0.3 is 0 Å². The van der Waals surface area contributed by atoms with Gasteiger partial charge in [-0.05, 0) is 26.0 Å². The van der Waals surface area contributed by atoms with Crippen LogP contribution in [0, 0.1) is 10.1 Å². The molecule has 1 heterocycles. The number of nitrogens with two attached hydrogens (primary N) is 1. The first-order valence-electron chi connectivity index (χ1n) is 5.34. The van der Waals surface area contributed by atoms with Crippen molar-refractivity contribution in [2.75, 3.05) is 0 Å². The Morgan fingerprint density at radius 1 is 1.33 bits per heavy atom. The first-order valence-corrected chi connectivity index (χ1v) is 5.34. The van der Waals surface area contributed by atoms with Gasteiger partial charge in [0, 0.05) is 12.1 Å². The van der Waals surface area contributed by atoms with Crippen LogP contribution in [0.15, 0.2) is 30.5 Å². The number of hydrogen-bond acceptors (Lipinski definition) is 5. The van der Waals surface area contributed by atoms with Crippen LogP contribution in [0.3, 0.4) is 0 Å². The molecule has 0 fully saturated rings. The average molecular weight is 247 g/mol. The summed E-state index contributed by atoms with van der Waals surface area (Å²) >= 11 is 0. The zero-order valence-corrected chi connectivity index (χ0v) is 10.1. The van der Waals surface area contributed by atoms with Gasteiger partial charge in [0.25, 0.3) is 5.69 Å². The third-order valence-corrected chi connectivity index (χ3v) is 2.48. The summed E-state index contributed by atoms with van der Waals surface area (Å²) in [4.78, 5) is 10.1. The van der Waals surface area contributed by atoms with Gasteiger partial charge in [-0.2, -0.15) is 0 Å². The molecule has 0 bridgehead atoms. The smallest absolute Gasteiger partial charge is 0.269 e. The highest BCUT2D eigenvalue weighted by Crippen LogP contribution is 2.17. The molecule has 7 nitrogen and oxygen atoms in total. The van der Waals surface area contributed by atoms with Gasteiger partial charge in [0.2, 0.25) is 0 Å². The second-order valence-electron chi connectivity index (χ2n) is 4.54. The first-order chi connectivity index (χ1) is 8.38. The summed E-state index contributed by atoms with van der Waals surface area (Å²) in [6.07, 6.45) is 1.71. The molecular formula is C11H13N5O2. The third-order valence-electron chi connectivity index (χ3n) is 2.48. The van der Waals surface area contributed by atoms with E-state index in [0.717, 1.165) is 0 Å². The van der Waals surface area contributed by atoms with Crippen LogP contribution in [0.4, 0.5) is 5.69 Å². The minimum Gasteiger partial charge on any atom is -0.320 e. The van der Waals surface area contributed by atoms with Crippen molar-refractivity contribution in [3.63, 3.8) is 0 Å². The monoisotopic (exact) mass is 247 g/mol. The third kappa shape index (κ3) is 2.35. The molecule has 18 heavy (non-hydrogen) atoms. The molecule has 1 aromatic carbocycles. The fourth-order valence-electron chi connectivity index (χ4n) is 1.41. The SMILES string of the molecule is CC(C)(N)c1cn(-c2ccc([N+](=O)[O-])cc2)nn1. The molecule has 2 N–H and O–H groups in total. The van der Waals surface area contributed by atoms with Crippen LogP contribution < -0.4 is 5.73 Å². The highest BCUT2D eigenvalue weighted by Gasteiger charge is 2.18. The summed E-state index contributed by atoms with van der Waals surface area (Å²) in [5.41, 5.74) is 6.73. The normalized spacial score (nSPS) is 11.5. The standard InChI is InChI=1S/C11H13N5O2/c1-11(2,12)10-7-15(14-13-10)8-3-5-9(6-4-8)16(17)18/h3-7H,12H2,1-2H3. The van der Waals surface area contributed by atoms with E-state index in [9.17, 15) is 10.1 Å². The van der Waals surface area contributed by atoms with E-state index in [1.165, 1.54) is 16.8 Å². The van der Waals surface area contributed by atoms with E-state index in [0.29, 0.717) is 11.4 Å². The lowest BCUT2D eigenvalue weighted by Crippen LogP contribution is -2.29. The summed E-state index contributed by atoms with van der Waals surface area (Å²) in [6, 6.07) is 6.06. The van der Waals surface area contributed by atoms with Gasteiger partial charge in [0.15, 0.2) is 0 Å². The fraction of sp³-hybridized carbons (Fsp3) is 0.273. The average Bonchev–Trinajstić information content (AvgIpc) is 2.78. The number of nitrogens with zero attached hydrogens (tertiary/aromatic N) is 4. The van der Waals surface area contributed by atoms with Crippen molar-refractivity contribution in [1.82, 2.24) is 15.0 Å². The van der Waals surface area contributed by atoms with Gasteiger partial charge in [-0.3, -0.25) is 10.1 Å². The number of nitro groups is 1. The van der Waals surface area contributed by atoms with Gasteiger partial charge in [0.1, 0.15) is 5.69 Å². The van der Waals surface area contributed by atoms with E-state index < -0.39 is 10.5 Å². The summed E-state index contributed by atoms with van der Waals surface area (Å²) < 4.78 is 1.54. The minimum absolute atomic E-state index is 0.0400. The van der Waals surface area contributed by atoms with E-state index in [1.807, 2.05) is 13.8 Å². The van der Waals surface area contributed by atoms with Crippen molar-refractivity contribution >= 4 is 5.69 Å². The zero-order chi connectivity index (χ0) is 13.3. The molecule has 0 saturated heterocycles. The van der Waals surface area contributed by atoms with Crippen molar-refractivity contribution in [3.05, 3.63) is 46.3 Å². The van der Waals surface area contributed by atoms with E-state index in [1.54, 1.807) is 18.3 Å². The predicted octanol–water partition coefficient (Wildman–Crippen LogP) is 1.37. The van der Waals surface area contributed by atoms with Gasteiger partial charge in [-0.15, -0.1) is 5.10 Å². The fourth-order valence-corrected chi connectivity index (χ4v) is 1.41. The van der Waals surface area contributed by atoms with E-state index in [2.05, 4.69) is 10.3 Å². The molecule has 1 aromatic heterocycles. The Labute approximate surface area is 103 Å². The first kappa shape index (κ1) is 12.2. The van der Waals surface area contributed by atoms with Crippen molar-refractivity contribution < 1.29 is 4.92 Å². The van der Waals surface area contributed by atoms with Crippen molar-refractivity contribution in [2.24, 2.45) is 5.73 Å². The van der Waals surface area contributed by atoms with Crippen molar-refractivity contribution in [1.29, 1.82) is 0 Å².